The minimum absolute atomic E-state index is 0.0213. The SMILES string of the molecule is CC1CN(C(=O)CSc2nc3ccccc3c(=O)n2-c2cccc(F)c2)CC(C)O1. The van der Waals surface area contributed by atoms with Gasteiger partial charge in [0.2, 0.25) is 5.91 Å². The minimum Gasteiger partial charge on any atom is -0.372 e. The molecular weight excluding hydrogens is 405 g/mol. The smallest absolute Gasteiger partial charge is 0.266 e. The fourth-order valence-corrected chi connectivity index (χ4v) is 4.57. The molecule has 3 aromatic rings. The second kappa shape index (κ2) is 8.57. The van der Waals surface area contributed by atoms with Gasteiger partial charge < -0.3 is 9.64 Å². The summed E-state index contributed by atoms with van der Waals surface area (Å²) in [7, 11) is 0. The molecule has 0 spiro atoms. The van der Waals surface area contributed by atoms with Crippen LogP contribution in [-0.4, -0.2) is 51.4 Å². The maximum atomic E-state index is 13.8. The Morgan fingerprint density at radius 1 is 1.17 bits per heavy atom. The van der Waals surface area contributed by atoms with E-state index in [0.717, 1.165) is 0 Å². The average molecular weight is 428 g/mol. The minimum atomic E-state index is -0.448. The van der Waals surface area contributed by atoms with E-state index in [9.17, 15) is 14.0 Å². The monoisotopic (exact) mass is 427 g/mol. The summed E-state index contributed by atoms with van der Waals surface area (Å²) in [6.45, 7) is 4.95. The molecular formula is C22H22FN3O3S. The molecule has 0 radical (unpaired) electrons. The van der Waals surface area contributed by atoms with Gasteiger partial charge in [0.25, 0.3) is 5.56 Å². The normalized spacial score (nSPS) is 19.2. The number of halogens is 1. The Labute approximate surface area is 177 Å². The van der Waals surface area contributed by atoms with Crippen LogP contribution in [0.4, 0.5) is 4.39 Å². The van der Waals surface area contributed by atoms with Crippen LogP contribution in [-0.2, 0) is 9.53 Å². The van der Waals surface area contributed by atoms with Crippen LogP contribution in [0.2, 0.25) is 0 Å². The predicted octanol–water partition coefficient (Wildman–Crippen LogP) is 3.25. The van der Waals surface area contributed by atoms with E-state index in [4.69, 9.17) is 4.74 Å². The van der Waals surface area contributed by atoms with Crippen molar-refractivity contribution in [3.8, 4) is 5.69 Å². The Morgan fingerprint density at radius 2 is 1.90 bits per heavy atom. The van der Waals surface area contributed by atoms with Crippen molar-refractivity contribution in [3.05, 3.63) is 64.7 Å². The highest BCUT2D eigenvalue weighted by Gasteiger charge is 2.26. The van der Waals surface area contributed by atoms with Crippen molar-refractivity contribution in [2.45, 2.75) is 31.2 Å². The third kappa shape index (κ3) is 4.24. The fraction of sp³-hybridized carbons (Fsp3) is 0.318. The van der Waals surface area contributed by atoms with Crippen LogP contribution in [0.1, 0.15) is 13.8 Å². The van der Waals surface area contributed by atoms with Gasteiger partial charge in [-0.15, -0.1) is 0 Å². The number of hydrogen-bond acceptors (Lipinski definition) is 5. The van der Waals surface area contributed by atoms with Gasteiger partial charge in [-0.1, -0.05) is 30.0 Å². The van der Waals surface area contributed by atoms with E-state index in [1.807, 2.05) is 13.8 Å². The highest BCUT2D eigenvalue weighted by molar-refractivity contribution is 7.99. The number of hydrogen-bond donors (Lipinski definition) is 0. The van der Waals surface area contributed by atoms with Gasteiger partial charge in [0.15, 0.2) is 5.16 Å². The molecule has 0 saturated carbocycles. The maximum Gasteiger partial charge on any atom is 0.266 e. The summed E-state index contributed by atoms with van der Waals surface area (Å²) in [5, 5.41) is 0.792. The summed E-state index contributed by atoms with van der Waals surface area (Å²) in [5.74, 6) is -0.370. The van der Waals surface area contributed by atoms with E-state index in [-0.39, 0.29) is 29.4 Å². The molecule has 1 amide bonds. The molecule has 156 valence electrons. The Kier molecular flexibility index (Phi) is 5.87. The van der Waals surface area contributed by atoms with E-state index in [0.29, 0.717) is 34.8 Å². The first-order valence-electron chi connectivity index (χ1n) is 9.76. The van der Waals surface area contributed by atoms with Crippen molar-refractivity contribution in [2.75, 3.05) is 18.8 Å². The number of para-hydroxylation sites is 1. The molecule has 4 rings (SSSR count). The molecule has 30 heavy (non-hydrogen) atoms. The Bertz CT molecular complexity index is 1140. The highest BCUT2D eigenvalue weighted by Crippen LogP contribution is 2.23. The van der Waals surface area contributed by atoms with Gasteiger partial charge in [-0.05, 0) is 44.2 Å². The molecule has 2 aromatic carbocycles. The number of carbonyl (C=O) groups is 1. The van der Waals surface area contributed by atoms with E-state index in [1.54, 1.807) is 41.3 Å². The Morgan fingerprint density at radius 3 is 2.63 bits per heavy atom. The van der Waals surface area contributed by atoms with Crippen molar-refractivity contribution in [3.63, 3.8) is 0 Å². The first-order chi connectivity index (χ1) is 14.4. The largest absolute Gasteiger partial charge is 0.372 e. The molecule has 2 heterocycles. The van der Waals surface area contributed by atoms with Crippen molar-refractivity contribution < 1.29 is 13.9 Å². The molecule has 0 N–H and O–H groups in total. The van der Waals surface area contributed by atoms with Gasteiger partial charge in [-0.3, -0.25) is 14.2 Å². The average Bonchev–Trinajstić information content (AvgIpc) is 2.71. The summed E-state index contributed by atoms with van der Waals surface area (Å²) in [6, 6.07) is 12.8. The van der Waals surface area contributed by atoms with Gasteiger partial charge in [-0.2, -0.15) is 0 Å². The molecule has 1 fully saturated rings. The molecule has 1 aliphatic rings. The summed E-state index contributed by atoms with van der Waals surface area (Å²) in [4.78, 5) is 32.3. The summed E-state index contributed by atoms with van der Waals surface area (Å²) in [6.07, 6.45) is -0.0427. The van der Waals surface area contributed by atoms with E-state index < -0.39 is 5.82 Å². The first kappa shape index (κ1) is 20.6. The van der Waals surface area contributed by atoms with Gasteiger partial charge in [0, 0.05) is 13.1 Å². The molecule has 1 aliphatic heterocycles. The van der Waals surface area contributed by atoms with Crippen LogP contribution in [0.15, 0.2) is 58.5 Å². The topological polar surface area (TPSA) is 64.4 Å². The number of thioether (sulfide) groups is 1. The van der Waals surface area contributed by atoms with Crippen molar-refractivity contribution >= 4 is 28.6 Å². The zero-order valence-electron chi connectivity index (χ0n) is 16.7. The molecule has 0 aliphatic carbocycles. The number of nitrogens with zero attached hydrogens (tertiary/aromatic N) is 3. The molecule has 2 atom stereocenters. The molecule has 1 aromatic heterocycles. The van der Waals surface area contributed by atoms with Crippen molar-refractivity contribution in [2.24, 2.45) is 0 Å². The zero-order valence-corrected chi connectivity index (χ0v) is 17.6. The number of rotatable bonds is 4. The number of aromatic nitrogens is 2. The molecule has 8 heteroatoms. The predicted molar refractivity (Wildman–Crippen MR) is 115 cm³/mol. The van der Waals surface area contributed by atoms with Crippen LogP contribution >= 0.6 is 11.8 Å². The van der Waals surface area contributed by atoms with Crippen LogP contribution < -0.4 is 5.56 Å². The lowest BCUT2D eigenvalue weighted by Crippen LogP contribution is -2.48. The Balaban J connectivity index is 1.68. The summed E-state index contributed by atoms with van der Waals surface area (Å²) < 4.78 is 20.9. The third-order valence-corrected chi connectivity index (χ3v) is 5.83. The zero-order chi connectivity index (χ0) is 21.3. The number of fused-ring (bicyclic) bond motifs is 1. The van der Waals surface area contributed by atoms with E-state index in [2.05, 4.69) is 4.98 Å². The van der Waals surface area contributed by atoms with Gasteiger partial charge in [0.05, 0.1) is 34.6 Å². The van der Waals surface area contributed by atoms with Gasteiger partial charge in [-0.25, -0.2) is 9.37 Å². The lowest BCUT2D eigenvalue weighted by atomic mass is 10.2. The second-order valence-corrected chi connectivity index (χ2v) is 8.32. The molecule has 2 unspecified atom stereocenters. The maximum absolute atomic E-state index is 13.8. The number of morpholine rings is 1. The first-order valence-corrected chi connectivity index (χ1v) is 10.7. The third-order valence-electron chi connectivity index (χ3n) is 4.91. The number of carbonyl (C=O) groups excluding carboxylic acids is 1. The number of amides is 1. The molecule has 6 nitrogen and oxygen atoms in total. The Hall–Kier alpha value is -2.71. The van der Waals surface area contributed by atoms with Crippen LogP contribution in [0.3, 0.4) is 0 Å². The molecule has 0 bridgehead atoms. The lowest BCUT2D eigenvalue weighted by molar-refractivity contribution is -0.140. The van der Waals surface area contributed by atoms with E-state index in [1.165, 1.54) is 28.5 Å². The quantitative estimate of drug-likeness (QED) is 0.472. The van der Waals surface area contributed by atoms with Crippen LogP contribution in [0.25, 0.3) is 16.6 Å². The molecule has 1 saturated heterocycles. The summed E-state index contributed by atoms with van der Waals surface area (Å²) in [5.41, 5.74) is 0.621. The second-order valence-electron chi connectivity index (χ2n) is 7.38. The van der Waals surface area contributed by atoms with Crippen LogP contribution in [0.5, 0.6) is 0 Å². The van der Waals surface area contributed by atoms with Crippen LogP contribution in [0, 0.1) is 5.82 Å². The van der Waals surface area contributed by atoms with Crippen molar-refractivity contribution in [1.82, 2.24) is 14.5 Å². The van der Waals surface area contributed by atoms with Gasteiger partial charge >= 0.3 is 0 Å². The summed E-state index contributed by atoms with van der Waals surface area (Å²) >= 11 is 1.18. The van der Waals surface area contributed by atoms with E-state index >= 15 is 0 Å². The highest BCUT2D eigenvalue weighted by atomic mass is 32.2. The number of benzene rings is 2. The lowest BCUT2D eigenvalue weighted by Gasteiger charge is -2.35. The van der Waals surface area contributed by atoms with Gasteiger partial charge in [0.1, 0.15) is 5.82 Å². The fourth-order valence-electron chi connectivity index (χ4n) is 3.65. The standard InChI is InChI=1S/C22H22FN3O3S/c1-14-11-25(12-15(2)29-14)20(27)13-30-22-24-19-9-4-3-8-18(19)21(28)26(22)17-7-5-6-16(23)10-17/h3-10,14-15H,11-13H2,1-2H3. The van der Waals surface area contributed by atoms with Crippen molar-refractivity contribution in [1.29, 1.82) is 0 Å². The number of ether oxygens (including phenoxy) is 1.